The van der Waals surface area contributed by atoms with Gasteiger partial charge in [0.15, 0.2) is 11.5 Å². The van der Waals surface area contributed by atoms with Gasteiger partial charge in [0.1, 0.15) is 11.9 Å². The Hall–Kier alpha value is -2.00. The number of benzene rings is 2. The van der Waals surface area contributed by atoms with E-state index in [0.717, 1.165) is 36.9 Å². The number of ether oxygens (including phenoxy) is 2. The minimum absolute atomic E-state index is 0.114. The van der Waals surface area contributed by atoms with Gasteiger partial charge in [-0.1, -0.05) is 44.2 Å². The fraction of sp³-hybridized carbons (Fsp3) is 0.429. The second-order valence-corrected chi connectivity index (χ2v) is 6.09. The van der Waals surface area contributed by atoms with E-state index < -0.39 is 0 Å². The van der Waals surface area contributed by atoms with Gasteiger partial charge in [-0.05, 0) is 57.1 Å². The highest BCUT2D eigenvalue weighted by Gasteiger charge is 2.13. The van der Waals surface area contributed by atoms with Crippen LogP contribution in [0.3, 0.4) is 0 Å². The number of hydrogen-bond donors (Lipinski definition) is 0. The Morgan fingerprint density at radius 2 is 1.42 bits per heavy atom. The topological polar surface area (TPSA) is 21.7 Å². The fourth-order valence-corrected chi connectivity index (χ4v) is 2.79. The summed E-state index contributed by atoms with van der Waals surface area (Å²) in [6.45, 7) is 9.72. The van der Waals surface area contributed by atoms with Crippen molar-refractivity contribution in [3.63, 3.8) is 0 Å². The minimum Gasteiger partial charge on any atom is -0.485 e. The van der Waals surface area contributed by atoms with E-state index in [9.17, 15) is 0 Å². The molecule has 2 aromatic carbocycles. The second kappa shape index (κ2) is 9.99. The lowest BCUT2D eigenvalue weighted by molar-refractivity contribution is 0.142. The Kier molecular flexibility index (Phi) is 7.63. The smallest absolute Gasteiger partial charge is 0.169 e. The molecule has 0 aliphatic carbocycles. The van der Waals surface area contributed by atoms with Crippen LogP contribution in [-0.2, 0) is 0 Å². The van der Waals surface area contributed by atoms with E-state index in [2.05, 4.69) is 25.7 Å². The van der Waals surface area contributed by atoms with Crippen LogP contribution >= 0.6 is 0 Å². The van der Waals surface area contributed by atoms with Crippen LogP contribution in [0.5, 0.6) is 17.2 Å². The lowest BCUT2D eigenvalue weighted by atomic mass is 10.2. The van der Waals surface area contributed by atoms with E-state index in [4.69, 9.17) is 9.47 Å². The van der Waals surface area contributed by atoms with E-state index in [1.54, 1.807) is 0 Å². The van der Waals surface area contributed by atoms with Gasteiger partial charge >= 0.3 is 0 Å². The van der Waals surface area contributed by atoms with E-state index in [0.29, 0.717) is 0 Å². The van der Waals surface area contributed by atoms with Gasteiger partial charge < -0.3 is 9.47 Å². The summed E-state index contributed by atoms with van der Waals surface area (Å²) in [6.07, 6.45) is 2.45. The maximum atomic E-state index is 6.17. The first-order chi connectivity index (χ1) is 11.7. The number of para-hydroxylation sites is 3. The SMILES string of the molecule is CCCN(CCC)CC(C)Oc1ccccc1Oc1ccccc1. The summed E-state index contributed by atoms with van der Waals surface area (Å²) in [4.78, 5) is 2.46. The monoisotopic (exact) mass is 327 g/mol. The Balaban J connectivity index is 2.01. The predicted octanol–water partition coefficient (Wildman–Crippen LogP) is 5.37. The van der Waals surface area contributed by atoms with Crippen molar-refractivity contribution in [2.24, 2.45) is 0 Å². The Labute approximate surface area is 146 Å². The van der Waals surface area contributed by atoms with Crippen LogP contribution in [0.2, 0.25) is 0 Å². The molecule has 1 atom stereocenters. The molecule has 0 bridgehead atoms. The first-order valence-electron chi connectivity index (χ1n) is 8.93. The van der Waals surface area contributed by atoms with Crippen LogP contribution in [0.25, 0.3) is 0 Å². The van der Waals surface area contributed by atoms with Gasteiger partial charge in [0.2, 0.25) is 0 Å². The number of nitrogens with zero attached hydrogens (tertiary/aromatic N) is 1. The molecule has 3 nitrogen and oxygen atoms in total. The number of hydrogen-bond acceptors (Lipinski definition) is 3. The number of rotatable bonds is 10. The predicted molar refractivity (Wildman–Crippen MR) is 100 cm³/mol. The van der Waals surface area contributed by atoms with Crippen LogP contribution < -0.4 is 9.47 Å². The molecular formula is C21H29NO2. The third-order valence-corrected chi connectivity index (χ3v) is 3.74. The molecule has 0 spiro atoms. The van der Waals surface area contributed by atoms with E-state index in [-0.39, 0.29) is 6.10 Å². The molecule has 0 saturated heterocycles. The maximum Gasteiger partial charge on any atom is 0.169 e. The lowest BCUT2D eigenvalue weighted by Crippen LogP contribution is -2.35. The molecule has 0 N–H and O–H groups in total. The molecule has 2 aromatic rings. The highest BCUT2D eigenvalue weighted by molar-refractivity contribution is 5.42. The molecular weight excluding hydrogens is 298 g/mol. The summed E-state index contributed by atoms with van der Waals surface area (Å²) in [7, 11) is 0. The van der Waals surface area contributed by atoms with Crippen molar-refractivity contribution in [2.75, 3.05) is 19.6 Å². The fourth-order valence-electron chi connectivity index (χ4n) is 2.79. The Morgan fingerprint density at radius 3 is 2.04 bits per heavy atom. The molecule has 130 valence electrons. The van der Waals surface area contributed by atoms with Crippen LogP contribution in [0.4, 0.5) is 0 Å². The highest BCUT2D eigenvalue weighted by Crippen LogP contribution is 2.31. The van der Waals surface area contributed by atoms with E-state index >= 15 is 0 Å². The second-order valence-electron chi connectivity index (χ2n) is 6.09. The van der Waals surface area contributed by atoms with Gasteiger partial charge in [0.25, 0.3) is 0 Å². The third-order valence-electron chi connectivity index (χ3n) is 3.74. The van der Waals surface area contributed by atoms with E-state index in [1.165, 1.54) is 12.8 Å². The molecule has 0 radical (unpaired) electrons. The Bertz CT molecular complexity index is 579. The largest absolute Gasteiger partial charge is 0.485 e. The van der Waals surface area contributed by atoms with Crippen molar-refractivity contribution in [2.45, 2.75) is 39.7 Å². The van der Waals surface area contributed by atoms with Crippen molar-refractivity contribution >= 4 is 0 Å². The summed E-state index contributed by atoms with van der Waals surface area (Å²) < 4.78 is 12.1. The molecule has 0 fully saturated rings. The minimum atomic E-state index is 0.114. The van der Waals surface area contributed by atoms with Crippen molar-refractivity contribution in [3.05, 3.63) is 54.6 Å². The quantitative estimate of drug-likeness (QED) is 0.585. The van der Waals surface area contributed by atoms with Gasteiger partial charge in [0.05, 0.1) is 0 Å². The standard InChI is InChI=1S/C21H29NO2/c1-4-15-22(16-5-2)17-18(3)23-20-13-9-10-14-21(20)24-19-11-7-6-8-12-19/h6-14,18H,4-5,15-17H2,1-3H3. The lowest BCUT2D eigenvalue weighted by Gasteiger charge is -2.26. The van der Waals surface area contributed by atoms with Gasteiger partial charge in [-0.3, -0.25) is 4.90 Å². The third kappa shape index (κ3) is 5.89. The summed E-state index contributed by atoms with van der Waals surface area (Å²) >= 11 is 0. The molecule has 0 aliphatic heterocycles. The first-order valence-corrected chi connectivity index (χ1v) is 8.93. The normalized spacial score (nSPS) is 12.2. The van der Waals surface area contributed by atoms with Crippen molar-refractivity contribution in [1.29, 1.82) is 0 Å². The molecule has 24 heavy (non-hydrogen) atoms. The van der Waals surface area contributed by atoms with Crippen molar-refractivity contribution < 1.29 is 9.47 Å². The molecule has 0 saturated carbocycles. The summed E-state index contributed by atoms with van der Waals surface area (Å²) in [5.41, 5.74) is 0. The van der Waals surface area contributed by atoms with Crippen LogP contribution in [0.1, 0.15) is 33.6 Å². The Morgan fingerprint density at radius 1 is 0.833 bits per heavy atom. The molecule has 0 aliphatic rings. The zero-order valence-electron chi connectivity index (χ0n) is 15.1. The van der Waals surface area contributed by atoms with Crippen LogP contribution in [-0.4, -0.2) is 30.6 Å². The van der Waals surface area contributed by atoms with Gasteiger partial charge in [0, 0.05) is 6.54 Å². The van der Waals surface area contributed by atoms with Crippen molar-refractivity contribution in [3.8, 4) is 17.2 Å². The molecule has 1 unspecified atom stereocenters. The highest BCUT2D eigenvalue weighted by atomic mass is 16.5. The average molecular weight is 327 g/mol. The van der Waals surface area contributed by atoms with Crippen LogP contribution in [0, 0.1) is 0 Å². The summed E-state index contributed by atoms with van der Waals surface area (Å²) in [5.74, 6) is 2.37. The van der Waals surface area contributed by atoms with Gasteiger partial charge in [-0.2, -0.15) is 0 Å². The summed E-state index contributed by atoms with van der Waals surface area (Å²) in [5, 5.41) is 0. The summed E-state index contributed by atoms with van der Waals surface area (Å²) in [6, 6.07) is 17.7. The van der Waals surface area contributed by atoms with E-state index in [1.807, 2.05) is 54.6 Å². The molecule has 0 amide bonds. The molecule has 3 heteroatoms. The van der Waals surface area contributed by atoms with Crippen molar-refractivity contribution in [1.82, 2.24) is 4.90 Å². The molecule has 0 aromatic heterocycles. The average Bonchev–Trinajstić information content (AvgIpc) is 2.58. The van der Waals surface area contributed by atoms with Crippen LogP contribution in [0.15, 0.2) is 54.6 Å². The molecule has 2 rings (SSSR count). The van der Waals surface area contributed by atoms with Gasteiger partial charge in [-0.15, -0.1) is 0 Å². The van der Waals surface area contributed by atoms with Gasteiger partial charge in [-0.25, -0.2) is 0 Å². The maximum absolute atomic E-state index is 6.17. The first kappa shape index (κ1) is 18.3. The molecule has 0 heterocycles. The zero-order chi connectivity index (χ0) is 17.2. The zero-order valence-corrected chi connectivity index (χ0v) is 15.1.